The predicted molar refractivity (Wildman–Crippen MR) is 132 cm³/mol. The average Bonchev–Trinajstić information content (AvgIpc) is 3.36. The molecule has 0 fully saturated rings. The predicted octanol–water partition coefficient (Wildman–Crippen LogP) is 5.66. The molecule has 3 aromatic rings. The molecule has 0 aliphatic carbocycles. The number of rotatable bonds is 9. The summed E-state index contributed by atoms with van der Waals surface area (Å²) in [6.07, 6.45) is 3.66. The highest BCUT2D eigenvalue weighted by molar-refractivity contribution is 6.31. The van der Waals surface area contributed by atoms with Crippen molar-refractivity contribution in [1.29, 1.82) is 0 Å². The maximum Gasteiger partial charge on any atom is 0.273 e. The van der Waals surface area contributed by atoms with Crippen molar-refractivity contribution in [3.8, 4) is 28.5 Å². The van der Waals surface area contributed by atoms with Gasteiger partial charge in [-0.2, -0.15) is 5.10 Å². The number of carbonyl (C=O) groups is 1. The zero-order chi connectivity index (χ0) is 24.4. The molecule has 4 rings (SSSR count). The van der Waals surface area contributed by atoms with Crippen LogP contribution in [0.4, 0.5) is 0 Å². The van der Waals surface area contributed by atoms with Crippen molar-refractivity contribution in [3.05, 3.63) is 70.4 Å². The van der Waals surface area contributed by atoms with Gasteiger partial charge in [-0.1, -0.05) is 37.1 Å². The molecule has 178 valence electrons. The Balaban J connectivity index is 1.84. The first-order valence-corrected chi connectivity index (χ1v) is 11.6. The lowest BCUT2D eigenvalue weighted by atomic mass is 9.95. The van der Waals surface area contributed by atoms with Gasteiger partial charge < -0.3 is 19.5 Å². The fourth-order valence-corrected chi connectivity index (χ4v) is 4.40. The molecule has 1 atom stereocenters. The number of ether oxygens (including phenoxy) is 2. The lowest BCUT2D eigenvalue weighted by molar-refractivity contribution is 0.0764. The van der Waals surface area contributed by atoms with E-state index in [1.807, 2.05) is 25.1 Å². The molecule has 1 unspecified atom stereocenters. The van der Waals surface area contributed by atoms with Gasteiger partial charge in [0.1, 0.15) is 17.1 Å². The number of fused-ring (bicyclic) bond motifs is 1. The third-order valence-corrected chi connectivity index (χ3v) is 6.39. The summed E-state index contributed by atoms with van der Waals surface area (Å²) in [4.78, 5) is 15.0. The largest absolute Gasteiger partial charge is 0.507 e. The lowest BCUT2D eigenvalue weighted by Gasteiger charge is -2.26. The Bertz CT molecular complexity index is 1240. The van der Waals surface area contributed by atoms with Crippen molar-refractivity contribution in [3.63, 3.8) is 0 Å². The van der Waals surface area contributed by atoms with E-state index in [0.717, 1.165) is 24.0 Å². The highest BCUT2D eigenvalue weighted by Crippen LogP contribution is 2.46. The number of methoxy groups -OCH3 is 1. The van der Waals surface area contributed by atoms with Gasteiger partial charge in [-0.3, -0.25) is 9.89 Å². The molecule has 1 aromatic heterocycles. The Morgan fingerprint density at radius 2 is 2.09 bits per heavy atom. The molecule has 0 bridgehead atoms. The third-order valence-electron chi connectivity index (χ3n) is 5.98. The number of aromatic hydroxyl groups is 1. The van der Waals surface area contributed by atoms with Crippen molar-refractivity contribution in [2.24, 2.45) is 0 Å². The fourth-order valence-electron chi connectivity index (χ4n) is 4.23. The van der Waals surface area contributed by atoms with Crippen LogP contribution in [0, 0.1) is 6.92 Å². The normalized spacial score (nSPS) is 14.9. The molecule has 8 heteroatoms. The molecule has 1 aliphatic rings. The Labute approximate surface area is 204 Å². The lowest BCUT2D eigenvalue weighted by Crippen LogP contribution is -2.29. The van der Waals surface area contributed by atoms with Gasteiger partial charge in [0.25, 0.3) is 5.91 Å². The van der Waals surface area contributed by atoms with Crippen LogP contribution in [0.2, 0.25) is 5.02 Å². The van der Waals surface area contributed by atoms with Crippen LogP contribution >= 0.6 is 11.6 Å². The van der Waals surface area contributed by atoms with E-state index in [0.29, 0.717) is 52.2 Å². The number of phenols is 1. The first kappa shape index (κ1) is 23.7. The summed E-state index contributed by atoms with van der Waals surface area (Å²) in [7, 11) is 1.59. The number of phenolic OH excluding ortho intramolecular Hbond substituents is 1. The number of hydrogen-bond donors (Lipinski definition) is 2. The molecule has 0 radical (unpaired) electrons. The molecule has 7 nitrogen and oxygen atoms in total. The number of carbonyl (C=O) groups excluding carboxylic acids is 1. The number of halogens is 1. The van der Waals surface area contributed by atoms with Crippen LogP contribution in [0.15, 0.2) is 43.0 Å². The highest BCUT2D eigenvalue weighted by atomic mass is 35.5. The Morgan fingerprint density at radius 1 is 1.29 bits per heavy atom. The quantitative estimate of drug-likeness (QED) is 0.304. The van der Waals surface area contributed by atoms with Crippen LogP contribution in [0.3, 0.4) is 0 Å². The Hall–Kier alpha value is -3.45. The van der Waals surface area contributed by atoms with E-state index in [-0.39, 0.29) is 11.7 Å². The molecule has 0 spiro atoms. The van der Waals surface area contributed by atoms with Crippen LogP contribution in [-0.2, 0) is 0 Å². The van der Waals surface area contributed by atoms with E-state index < -0.39 is 6.04 Å². The van der Waals surface area contributed by atoms with Crippen molar-refractivity contribution in [2.45, 2.75) is 32.7 Å². The van der Waals surface area contributed by atoms with Gasteiger partial charge in [-0.25, -0.2) is 0 Å². The summed E-state index contributed by atoms with van der Waals surface area (Å²) in [6.45, 7) is 8.67. The molecule has 1 amide bonds. The van der Waals surface area contributed by atoms with Crippen LogP contribution in [0.1, 0.15) is 53.0 Å². The van der Waals surface area contributed by atoms with E-state index in [9.17, 15) is 9.90 Å². The van der Waals surface area contributed by atoms with Crippen molar-refractivity contribution >= 4 is 17.5 Å². The number of unbranched alkanes of at least 4 members (excludes halogenated alkanes) is 1. The van der Waals surface area contributed by atoms with E-state index in [4.69, 9.17) is 21.1 Å². The minimum absolute atomic E-state index is 0.0434. The van der Waals surface area contributed by atoms with Gasteiger partial charge in [0.2, 0.25) is 0 Å². The van der Waals surface area contributed by atoms with Gasteiger partial charge >= 0.3 is 0 Å². The van der Waals surface area contributed by atoms with Crippen molar-refractivity contribution in [1.82, 2.24) is 15.1 Å². The summed E-state index contributed by atoms with van der Waals surface area (Å²) in [5.74, 6) is 1.08. The van der Waals surface area contributed by atoms with E-state index in [2.05, 4.69) is 23.7 Å². The minimum Gasteiger partial charge on any atom is -0.507 e. The molecule has 0 saturated carbocycles. The third kappa shape index (κ3) is 4.12. The summed E-state index contributed by atoms with van der Waals surface area (Å²) >= 11 is 6.35. The van der Waals surface area contributed by atoms with Crippen LogP contribution in [-0.4, -0.2) is 46.4 Å². The van der Waals surface area contributed by atoms with Crippen molar-refractivity contribution in [2.75, 3.05) is 20.3 Å². The number of nitrogens with one attached hydrogen (secondary N) is 1. The molecule has 1 aliphatic heterocycles. The number of H-pyrrole nitrogens is 1. The zero-order valence-electron chi connectivity index (χ0n) is 19.5. The maximum absolute atomic E-state index is 13.3. The number of aromatic nitrogens is 2. The molecule has 2 heterocycles. The number of aromatic amines is 1. The Morgan fingerprint density at radius 3 is 2.79 bits per heavy atom. The molecule has 0 saturated heterocycles. The first-order chi connectivity index (χ1) is 16.4. The summed E-state index contributed by atoms with van der Waals surface area (Å²) in [5.41, 5.74) is 3.55. The number of aryl methyl sites for hydroxylation is 1. The SMILES string of the molecule is C=CCN1C(=O)c2[nH]nc(-c3cc(Cl)c(C)cc3O)c2C1c1ccc(OCCCC)c(OC)c1. The smallest absolute Gasteiger partial charge is 0.273 e. The van der Waals surface area contributed by atoms with Crippen molar-refractivity contribution < 1.29 is 19.4 Å². The topological polar surface area (TPSA) is 87.7 Å². The summed E-state index contributed by atoms with van der Waals surface area (Å²) in [5, 5.41) is 18.4. The zero-order valence-corrected chi connectivity index (χ0v) is 20.3. The molecular weight excluding hydrogens is 454 g/mol. The summed E-state index contributed by atoms with van der Waals surface area (Å²) in [6, 6.07) is 8.46. The summed E-state index contributed by atoms with van der Waals surface area (Å²) < 4.78 is 11.5. The fraction of sp³-hybridized carbons (Fsp3) is 0.308. The second kappa shape index (κ2) is 9.81. The maximum atomic E-state index is 13.3. The van der Waals surface area contributed by atoms with E-state index in [1.54, 1.807) is 30.2 Å². The molecule has 2 aromatic carbocycles. The Kier molecular flexibility index (Phi) is 6.84. The van der Waals surface area contributed by atoms with E-state index in [1.165, 1.54) is 0 Å². The first-order valence-electron chi connectivity index (χ1n) is 11.2. The number of hydrogen-bond acceptors (Lipinski definition) is 5. The van der Waals surface area contributed by atoms with Gasteiger partial charge in [-0.05, 0) is 48.7 Å². The number of amides is 1. The number of benzene rings is 2. The van der Waals surface area contributed by atoms with Crippen LogP contribution < -0.4 is 9.47 Å². The second-order valence-corrected chi connectivity index (χ2v) is 8.65. The van der Waals surface area contributed by atoms with Crippen LogP contribution in [0.25, 0.3) is 11.3 Å². The molecule has 2 N–H and O–H groups in total. The number of nitrogens with zero attached hydrogens (tertiary/aromatic N) is 2. The second-order valence-electron chi connectivity index (χ2n) is 8.24. The van der Waals surface area contributed by atoms with Gasteiger partial charge in [0.05, 0.1) is 19.8 Å². The van der Waals surface area contributed by atoms with Crippen LogP contribution in [0.5, 0.6) is 17.2 Å². The molecular formula is C26H28ClN3O4. The molecule has 34 heavy (non-hydrogen) atoms. The van der Waals surface area contributed by atoms with Gasteiger partial charge in [0.15, 0.2) is 11.5 Å². The van der Waals surface area contributed by atoms with Gasteiger partial charge in [0, 0.05) is 22.7 Å². The standard InChI is InChI=1S/C26H28ClN3O4/c1-5-7-11-34-20-9-8-16(13-21(20)33-4)25-22-23(17-14-18(27)15(3)12-19(17)31)28-29-24(22)26(32)30(25)10-6-2/h6,8-9,12-14,25,31H,2,5,7,10-11H2,1,3-4H3,(H,28,29). The monoisotopic (exact) mass is 481 g/mol. The highest BCUT2D eigenvalue weighted by Gasteiger charge is 2.42. The average molecular weight is 482 g/mol. The van der Waals surface area contributed by atoms with Gasteiger partial charge in [-0.15, -0.1) is 6.58 Å². The van der Waals surface area contributed by atoms with E-state index >= 15 is 0 Å². The minimum atomic E-state index is -0.465.